The summed E-state index contributed by atoms with van der Waals surface area (Å²) < 4.78 is 29.1. The molecule has 0 N–H and O–H groups in total. The number of likely N-dealkylation sites (tertiary alicyclic amines) is 1. The topological polar surface area (TPSA) is 98.1 Å². The third kappa shape index (κ3) is 3.17. The molecule has 3 heterocycles. The molecule has 0 saturated carbocycles. The molecule has 11 heteroatoms. The molecule has 1 aliphatic heterocycles. The number of carbonyl (C=O) groups excluding carboxylic acids is 1. The lowest BCUT2D eigenvalue weighted by Gasteiger charge is -2.31. The summed E-state index contributed by atoms with van der Waals surface area (Å²) in [5, 5.41) is 8.31. The standard InChI is InChI=1S/C13H16ClN5O3S2/c1-18-11(9(14)7-15-18)12(20)19-5-3-8(4-6-19)10-13(23-17-16-10)24(2,21)22/h7-8H,3-6H2,1-2H3. The molecular formula is C13H16ClN5O3S2. The van der Waals surface area contributed by atoms with Crippen molar-refractivity contribution >= 4 is 38.9 Å². The van der Waals surface area contributed by atoms with Gasteiger partial charge in [-0.15, -0.1) is 5.10 Å². The molecule has 0 radical (unpaired) electrons. The monoisotopic (exact) mass is 389 g/mol. The SMILES string of the molecule is Cn1ncc(Cl)c1C(=O)N1CCC(c2nnsc2S(C)(=O)=O)CC1. The Morgan fingerprint density at radius 2 is 2.04 bits per heavy atom. The van der Waals surface area contributed by atoms with Crippen LogP contribution in [0.15, 0.2) is 10.4 Å². The number of amides is 1. The number of aromatic nitrogens is 4. The van der Waals surface area contributed by atoms with Crippen molar-refractivity contribution in [2.75, 3.05) is 19.3 Å². The first-order valence-corrected chi connectivity index (χ1v) is 10.3. The first-order valence-electron chi connectivity index (χ1n) is 7.28. The highest BCUT2D eigenvalue weighted by Gasteiger charge is 2.31. The van der Waals surface area contributed by atoms with Crippen LogP contribution >= 0.6 is 23.1 Å². The van der Waals surface area contributed by atoms with Crippen LogP contribution in [0.4, 0.5) is 0 Å². The second kappa shape index (κ2) is 6.41. The molecule has 3 rings (SSSR count). The lowest BCUT2D eigenvalue weighted by atomic mass is 9.94. The van der Waals surface area contributed by atoms with Crippen LogP contribution in [0.3, 0.4) is 0 Å². The van der Waals surface area contributed by atoms with E-state index in [0.29, 0.717) is 42.3 Å². The molecule has 0 bridgehead atoms. The van der Waals surface area contributed by atoms with Crippen LogP contribution in [0.1, 0.15) is 34.9 Å². The molecule has 1 saturated heterocycles. The van der Waals surface area contributed by atoms with Crippen molar-refractivity contribution in [2.45, 2.75) is 23.0 Å². The van der Waals surface area contributed by atoms with E-state index in [1.54, 1.807) is 11.9 Å². The van der Waals surface area contributed by atoms with Gasteiger partial charge in [-0.25, -0.2) is 8.42 Å². The summed E-state index contributed by atoms with van der Waals surface area (Å²) in [6.45, 7) is 1.01. The lowest BCUT2D eigenvalue weighted by Crippen LogP contribution is -2.39. The summed E-state index contributed by atoms with van der Waals surface area (Å²) in [7, 11) is -1.66. The fourth-order valence-corrected chi connectivity index (χ4v) is 4.83. The molecule has 0 aliphatic carbocycles. The van der Waals surface area contributed by atoms with Gasteiger partial charge in [0.25, 0.3) is 5.91 Å². The summed E-state index contributed by atoms with van der Waals surface area (Å²) in [5.74, 6) is -0.183. The van der Waals surface area contributed by atoms with Crippen molar-refractivity contribution in [1.82, 2.24) is 24.3 Å². The normalized spacial score (nSPS) is 16.5. The zero-order chi connectivity index (χ0) is 17.5. The summed E-state index contributed by atoms with van der Waals surface area (Å²) in [4.78, 5) is 14.3. The van der Waals surface area contributed by atoms with Crippen LogP contribution in [-0.2, 0) is 16.9 Å². The van der Waals surface area contributed by atoms with Gasteiger partial charge in [0.15, 0.2) is 14.0 Å². The van der Waals surface area contributed by atoms with Gasteiger partial charge in [-0.3, -0.25) is 9.48 Å². The van der Waals surface area contributed by atoms with Crippen LogP contribution in [0, 0.1) is 0 Å². The molecule has 0 aromatic carbocycles. The van der Waals surface area contributed by atoms with Gasteiger partial charge in [-0.1, -0.05) is 16.1 Å². The molecular weight excluding hydrogens is 374 g/mol. The molecule has 0 spiro atoms. The second-order valence-corrected chi connectivity index (χ2v) is 9.12. The van der Waals surface area contributed by atoms with Crippen LogP contribution in [0.2, 0.25) is 5.02 Å². The van der Waals surface area contributed by atoms with Gasteiger partial charge in [-0.2, -0.15) is 5.10 Å². The predicted octanol–water partition coefficient (Wildman–Crippen LogP) is 1.35. The number of rotatable bonds is 3. The van der Waals surface area contributed by atoms with E-state index in [1.165, 1.54) is 10.9 Å². The maximum Gasteiger partial charge on any atom is 0.273 e. The van der Waals surface area contributed by atoms with E-state index in [2.05, 4.69) is 14.7 Å². The van der Waals surface area contributed by atoms with Gasteiger partial charge < -0.3 is 4.90 Å². The summed E-state index contributed by atoms with van der Waals surface area (Å²) >= 11 is 6.93. The number of nitrogens with zero attached hydrogens (tertiary/aromatic N) is 5. The molecule has 2 aromatic rings. The van der Waals surface area contributed by atoms with Crippen LogP contribution < -0.4 is 0 Å². The van der Waals surface area contributed by atoms with Gasteiger partial charge in [0.05, 0.1) is 16.9 Å². The smallest absolute Gasteiger partial charge is 0.273 e. The second-order valence-electron chi connectivity index (χ2n) is 5.75. The Labute approximate surface area is 148 Å². The van der Waals surface area contributed by atoms with E-state index in [-0.39, 0.29) is 16.0 Å². The van der Waals surface area contributed by atoms with Gasteiger partial charge in [0.1, 0.15) is 5.69 Å². The zero-order valence-electron chi connectivity index (χ0n) is 13.1. The van der Waals surface area contributed by atoms with Gasteiger partial charge in [0.2, 0.25) is 0 Å². The van der Waals surface area contributed by atoms with E-state index in [4.69, 9.17) is 11.6 Å². The van der Waals surface area contributed by atoms with Gasteiger partial charge >= 0.3 is 0 Å². The maximum absolute atomic E-state index is 12.6. The summed E-state index contributed by atoms with van der Waals surface area (Å²) in [5.41, 5.74) is 0.885. The average molecular weight is 390 g/mol. The van der Waals surface area contributed by atoms with Crippen molar-refractivity contribution in [2.24, 2.45) is 7.05 Å². The van der Waals surface area contributed by atoms with E-state index in [0.717, 1.165) is 17.8 Å². The number of hydrogen-bond acceptors (Lipinski definition) is 7. The predicted molar refractivity (Wildman–Crippen MR) is 89.1 cm³/mol. The van der Waals surface area contributed by atoms with Crippen molar-refractivity contribution in [1.29, 1.82) is 0 Å². The van der Waals surface area contributed by atoms with Crippen LogP contribution in [-0.4, -0.2) is 57.9 Å². The number of halogens is 1. The number of piperidine rings is 1. The van der Waals surface area contributed by atoms with Crippen molar-refractivity contribution in [3.63, 3.8) is 0 Å². The Kier molecular flexibility index (Phi) is 4.63. The molecule has 24 heavy (non-hydrogen) atoms. The molecule has 0 unspecified atom stereocenters. The molecule has 1 aliphatic rings. The van der Waals surface area contributed by atoms with Crippen molar-refractivity contribution in [3.05, 3.63) is 22.6 Å². The molecule has 2 aromatic heterocycles. The Hall–Kier alpha value is -1.52. The Morgan fingerprint density at radius 3 is 2.58 bits per heavy atom. The minimum Gasteiger partial charge on any atom is -0.337 e. The minimum atomic E-state index is -3.33. The van der Waals surface area contributed by atoms with E-state index >= 15 is 0 Å². The average Bonchev–Trinajstić information content (AvgIpc) is 3.14. The third-order valence-corrected chi connectivity index (χ3v) is 6.91. The highest BCUT2D eigenvalue weighted by molar-refractivity contribution is 7.92. The van der Waals surface area contributed by atoms with Gasteiger partial charge in [-0.05, 0) is 12.8 Å². The minimum absolute atomic E-state index is 0.0143. The van der Waals surface area contributed by atoms with Crippen molar-refractivity contribution in [3.8, 4) is 0 Å². The Balaban J connectivity index is 1.73. The number of aryl methyl sites for hydroxylation is 1. The number of sulfone groups is 1. The molecule has 8 nitrogen and oxygen atoms in total. The highest BCUT2D eigenvalue weighted by atomic mass is 35.5. The quantitative estimate of drug-likeness (QED) is 0.785. The molecule has 1 amide bonds. The first kappa shape index (κ1) is 17.3. The van der Waals surface area contributed by atoms with E-state index < -0.39 is 9.84 Å². The number of carbonyl (C=O) groups is 1. The maximum atomic E-state index is 12.6. The number of hydrogen-bond donors (Lipinski definition) is 0. The van der Waals surface area contributed by atoms with Crippen LogP contribution in [0.25, 0.3) is 0 Å². The fourth-order valence-electron chi connectivity index (χ4n) is 2.85. The zero-order valence-corrected chi connectivity index (χ0v) is 15.5. The summed E-state index contributed by atoms with van der Waals surface area (Å²) in [6, 6.07) is 0. The van der Waals surface area contributed by atoms with Crippen LogP contribution in [0.5, 0.6) is 0 Å². The third-order valence-electron chi connectivity index (χ3n) is 4.08. The lowest BCUT2D eigenvalue weighted by molar-refractivity contribution is 0.0700. The first-order chi connectivity index (χ1) is 11.3. The van der Waals surface area contributed by atoms with E-state index in [9.17, 15) is 13.2 Å². The Morgan fingerprint density at radius 1 is 1.38 bits per heavy atom. The highest BCUT2D eigenvalue weighted by Crippen LogP contribution is 2.33. The fraction of sp³-hybridized carbons (Fsp3) is 0.538. The molecule has 1 fully saturated rings. The largest absolute Gasteiger partial charge is 0.337 e. The molecule has 0 atom stereocenters. The van der Waals surface area contributed by atoms with E-state index in [1.807, 2.05) is 0 Å². The molecule has 130 valence electrons. The van der Waals surface area contributed by atoms with Gasteiger partial charge in [0, 0.05) is 43.8 Å². The summed E-state index contributed by atoms with van der Waals surface area (Å²) in [6.07, 6.45) is 3.87. The Bertz CT molecular complexity index is 849. The van der Waals surface area contributed by atoms with Crippen molar-refractivity contribution < 1.29 is 13.2 Å².